The quantitative estimate of drug-likeness (QED) is 0.0875. The van der Waals surface area contributed by atoms with Crippen molar-refractivity contribution in [1.29, 1.82) is 0 Å². The maximum absolute atomic E-state index is 13.5. The number of aliphatic imine (C=N–C) groups is 1. The molecule has 3 aromatic rings. The Balaban J connectivity index is 2.05. The number of hydrazine groups is 1. The second kappa shape index (κ2) is 11.9. The van der Waals surface area contributed by atoms with Crippen LogP contribution in [0.4, 0.5) is 5.69 Å². The van der Waals surface area contributed by atoms with E-state index >= 15 is 0 Å². The van der Waals surface area contributed by atoms with Gasteiger partial charge >= 0.3 is 5.97 Å². The fraction of sp³-hybridized carbons (Fsp3) is 0.0870. The first-order chi connectivity index (χ1) is 17.1. The van der Waals surface area contributed by atoms with Crippen LogP contribution in [-0.4, -0.2) is 37.2 Å². The van der Waals surface area contributed by atoms with Crippen molar-refractivity contribution in [1.82, 2.24) is 9.84 Å². The molecular weight excluding hydrogens is 529 g/mol. The van der Waals surface area contributed by atoms with Crippen LogP contribution in [0.25, 0.3) is 0 Å². The minimum atomic E-state index is -4.52. The number of sulfonamides is 1. The van der Waals surface area contributed by atoms with E-state index in [-0.39, 0.29) is 39.5 Å². The summed E-state index contributed by atoms with van der Waals surface area (Å²) in [7, 11) is -4.52. The summed E-state index contributed by atoms with van der Waals surface area (Å²) >= 11 is 12.0. The molecule has 0 heterocycles. The number of ether oxygens (including phenoxy) is 1. The molecule has 0 spiro atoms. The molecule has 36 heavy (non-hydrogen) atoms. The first-order valence-corrected chi connectivity index (χ1v) is 12.5. The zero-order chi connectivity index (χ0) is 26.3. The van der Waals surface area contributed by atoms with Gasteiger partial charge in [-0.15, -0.1) is 0 Å². The summed E-state index contributed by atoms with van der Waals surface area (Å²) in [6, 6.07) is 16.7. The van der Waals surface area contributed by atoms with Crippen molar-refractivity contribution in [3.05, 3.63) is 88.4 Å². The normalized spacial score (nSPS) is 12.0. The van der Waals surface area contributed by atoms with Crippen molar-refractivity contribution >= 4 is 57.3 Å². The number of nitrogens with zero attached hydrogens (tertiary/aromatic N) is 2. The number of nitrogens with one attached hydrogen (secondary N) is 1. The van der Waals surface area contributed by atoms with E-state index in [0.29, 0.717) is 15.7 Å². The van der Waals surface area contributed by atoms with Gasteiger partial charge in [0.25, 0.3) is 10.0 Å². The van der Waals surface area contributed by atoms with E-state index in [0.717, 1.165) is 12.1 Å². The molecule has 188 valence electrons. The minimum absolute atomic E-state index is 0.0471. The molecule has 13 heteroatoms. The van der Waals surface area contributed by atoms with Crippen molar-refractivity contribution in [3.8, 4) is 5.75 Å². The molecule has 5 N–H and O–H groups in total. The molecule has 10 nitrogen and oxygen atoms in total. The monoisotopic (exact) mass is 549 g/mol. The van der Waals surface area contributed by atoms with Crippen LogP contribution in [0.1, 0.15) is 5.56 Å². The van der Waals surface area contributed by atoms with Gasteiger partial charge < -0.3 is 16.2 Å². The largest absolute Gasteiger partial charge is 0.425 e. The van der Waals surface area contributed by atoms with Gasteiger partial charge in [-0.1, -0.05) is 64.0 Å². The molecule has 0 aliphatic carbocycles. The second-order valence-corrected chi connectivity index (χ2v) is 10.0. The van der Waals surface area contributed by atoms with E-state index < -0.39 is 22.0 Å². The zero-order valence-electron chi connectivity index (χ0n) is 18.5. The predicted octanol–water partition coefficient (Wildman–Crippen LogP) is 2.77. The Kier molecular flexibility index (Phi) is 8.88. The second-order valence-electron chi connectivity index (χ2n) is 7.31. The number of rotatable bonds is 10. The van der Waals surface area contributed by atoms with Crippen LogP contribution in [0.3, 0.4) is 0 Å². The molecule has 0 unspecified atom stereocenters. The SMILES string of the molecule is NC(N)=Nc1cccc(OC(=O)[C@H](Cc2ccccc2)N(NC=O)S(=O)(=O)c2cc(Cl)cc(Cl)c2)c1. The highest BCUT2D eigenvalue weighted by Crippen LogP contribution is 2.27. The van der Waals surface area contributed by atoms with Gasteiger partial charge in [-0.05, 0) is 35.9 Å². The minimum Gasteiger partial charge on any atom is -0.425 e. The predicted molar refractivity (Wildman–Crippen MR) is 136 cm³/mol. The number of halogens is 2. The lowest BCUT2D eigenvalue weighted by atomic mass is 10.1. The molecule has 0 saturated carbocycles. The van der Waals surface area contributed by atoms with Crippen LogP contribution in [0.2, 0.25) is 10.0 Å². The summed E-state index contributed by atoms with van der Waals surface area (Å²) in [5.41, 5.74) is 13.8. The standard InChI is InChI=1S/C23H21Cl2N5O5S/c24-16-10-17(25)12-20(11-16)36(33,34)30(28-14-31)21(9-15-5-2-1-3-6-15)22(32)35-19-8-4-7-18(13-19)29-23(26)27/h1-8,10-14,21H,9H2,(H,28,31)(H4,26,27,29)/t21-/m0/s1. The maximum Gasteiger partial charge on any atom is 0.332 e. The Morgan fingerprint density at radius 3 is 2.31 bits per heavy atom. The summed E-state index contributed by atoms with van der Waals surface area (Å²) in [5, 5.41) is 0.0942. The average molecular weight is 550 g/mol. The van der Waals surface area contributed by atoms with Crippen molar-refractivity contribution in [2.45, 2.75) is 17.4 Å². The van der Waals surface area contributed by atoms with E-state index in [1.54, 1.807) is 42.5 Å². The van der Waals surface area contributed by atoms with Crippen LogP contribution in [-0.2, 0) is 26.0 Å². The van der Waals surface area contributed by atoms with Crippen LogP contribution in [0.5, 0.6) is 5.75 Å². The number of amides is 1. The summed E-state index contributed by atoms with van der Waals surface area (Å²) in [5.74, 6) is -1.13. The average Bonchev–Trinajstić information content (AvgIpc) is 2.81. The number of guanidine groups is 1. The fourth-order valence-electron chi connectivity index (χ4n) is 3.22. The number of esters is 1. The summed E-state index contributed by atoms with van der Waals surface area (Å²) in [6.45, 7) is 0. The molecule has 0 bridgehead atoms. The van der Waals surface area contributed by atoms with E-state index in [9.17, 15) is 18.0 Å². The third kappa shape index (κ3) is 6.95. The number of carbonyl (C=O) groups excluding carboxylic acids is 2. The smallest absolute Gasteiger partial charge is 0.332 e. The molecule has 3 rings (SSSR count). The molecule has 1 amide bonds. The van der Waals surface area contributed by atoms with Gasteiger partial charge in [0.05, 0.1) is 10.6 Å². The van der Waals surface area contributed by atoms with Crippen molar-refractivity contribution in [3.63, 3.8) is 0 Å². The van der Waals surface area contributed by atoms with Gasteiger partial charge in [-0.3, -0.25) is 10.2 Å². The molecule has 3 aromatic carbocycles. The Bertz CT molecular complexity index is 1360. The van der Waals surface area contributed by atoms with Crippen LogP contribution in [0, 0.1) is 0 Å². The third-order valence-electron chi connectivity index (χ3n) is 4.69. The Hall–Kier alpha value is -3.64. The highest BCUT2D eigenvalue weighted by molar-refractivity contribution is 7.89. The highest BCUT2D eigenvalue weighted by atomic mass is 35.5. The molecule has 0 saturated heterocycles. The third-order valence-corrected chi connectivity index (χ3v) is 6.84. The van der Waals surface area contributed by atoms with E-state index in [1.165, 1.54) is 18.2 Å². The van der Waals surface area contributed by atoms with Crippen molar-refractivity contribution in [2.75, 3.05) is 0 Å². The maximum atomic E-state index is 13.5. The molecule has 1 atom stereocenters. The van der Waals surface area contributed by atoms with E-state index in [2.05, 4.69) is 10.4 Å². The van der Waals surface area contributed by atoms with Gasteiger partial charge in [0, 0.05) is 22.5 Å². The summed E-state index contributed by atoms with van der Waals surface area (Å²) < 4.78 is 33.0. The van der Waals surface area contributed by atoms with E-state index in [1.807, 2.05) is 0 Å². The lowest BCUT2D eigenvalue weighted by Gasteiger charge is -2.28. The lowest BCUT2D eigenvalue weighted by Crippen LogP contribution is -2.54. The molecule has 0 aromatic heterocycles. The van der Waals surface area contributed by atoms with Crippen LogP contribution >= 0.6 is 23.2 Å². The van der Waals surface area contributed by atoms with Gasteiger partial charge in [0.15, 0.2) is 5.96 Å². The number of carbonyl (C=O) groups is 2. The number of hydrogen-bond acceptors (Lipinski definition) is 6. The molecule has 0 fully saturated rings. The molecular formula is C23H21Cl2N5O5S. The number of benzene rings is 3. The Morgan fingerprint density at radius 1 is 1.03 bits per heavy atom. The van der Waals surface area contributed by atoms with Crippen molar-refractivity contribution < 1.29 is 22.7 Å². The molecule has 0 aliphatic rings. The Morgan fingerprint density at radius 2 is 1.69 bits per heavy atom. The highest BCUT2D eigenvalue weighted by Gasteiger charge is 2.38. The first-order valence-electron chi connectivity index (χ1n) is 10.3. The fourth-order valence-corrected chi connectivity index (χ4v) is 5.33. The Labute approximate surface area is 217 Å². The van der Waals surface area contributed by atoms with Gasteiger partial charge in [0.2, 0.25) is 6.41 Å². The first kappa shape index (κ1) is 27.0. The topological polar surface area (TPSA) is 157 Å². The van der Waals surface area contributed by atoms with Crippen LogP contribution in [0.15, 0.2) is 82.7 Å². The molecule has 0 aliphatic heterocycles. The summed E-state index contributed by atoms with van der Waals surface area (Å²) in [6.07, 6.45) is -0.00400. The zero-order valence-corrected chi connectivity index (χ0v) is 20.9. The number of hydrogen-bond donors (Lipinski definition) is 3. The van der Waals surface area contributed by atoms with Gasteiger partial charge in [0.1, 0.15) is 11.8 Å². The number of nitrogens with two attached hydrogens (primary N) is 2. The van der Waals surface area contributed by atoms with Crippen LogP contribution < -0.4 is 21.6 Å². The molecule has 0 radical (unpaired) electrons. The van der Waals surface area contributed by atoms with Crippen molar-refractivity contribution in [2.24, 2.45) is 16.5 Å². The lowest BCUT2D eigenvalue weighted by molar-refractivity contribution is -0.139. The summed E-state index contributed by atoms with van der Waals surface area (Å²) in [4.78, 5) is 28.4. The van der Waals surface area contributed by atoms with Gasteiger partial charge in [-0.2, -0.15) is 0 Å². The van der Waals surface area contributed by atoms with Gasteiger partial charge in [-0.25, -0.2) is 18.2 Å². The van der Waals surface area contributed by atoms with E-state index in [4.69, 9.17) is 39.4 Å².